The van der Waals surface area contributed by atoms with Gasteiger partial charge < -0.3 is 20.7 Å². The molecule has 9 heteroatoms. The number of nitrogen functional groups attached to an aromatic ring is 1. The first-order valence-corrected chi connectivity index (χ1v) is 6.79. The van der Waals surface area contributed by atoms with Crippen molar-refractivity contribution < 1.29 is 19.3 Å². The third-order valence-corrected chi connectivity index (χ3v) is 4.07. The van der Waals surface area contributed by atoms with Crippen molar-refractivity contribution in [3.05, 3.63) is 24.2 Å². The Labute approximate surface area is 124 Å². The molecule has 3 rings (SSSR count). The molecule has 3 unspecified atom stereocenters. The van der Waals surface area contributed by atoms with Gasteiger partial charge in [0.25, 0.3) is 0 Å². The average molecular weight is 317 g/mol. The van der Waals surface area contributed by atoms with Crippen LogP contribution in [0.15, 0.2) is 18.5 Å². The second-order valence-electron chi connectivity index (χ2n) is 4.86. The molecule has 3 heterocycles. The molecule has 0 saturated carbocycles. The number of aliphatic hydroxyl groups is 2. The molecule has 4 N–H and O–H groups in total. The second kappa shape index (κ2) is 5.38. The number of alkyl halides is 2. The summed E-state index contributed by atoms with van der Waals surface area (Å²) in [6.07, 6.45) is -3.86. The van der Waals surface area contributed by atoms with E-state index in [4.69, 9.17) is 22.1 Å². The van der Waals surface area contributed by atoms with E-state index in [1.165, 1.54) is 10.8 Å². The zero-order valence-corrected chi connectivity index (χ0v) is 11.6. The molecule has 2 aromatic rings. The monoisotopic (exact) mass is 316 g/mol. The van der Waals surface area contributed by atoms with Crippen LogP contribution in [-0.2, 0) is 4.74 Å². The van der Waals surface area contributed by atoms with E-state index in [-0.39, 0.29) is 5.82 Å². The van der Waals surface area contributed by atoms with Gasteiger partial charge in [0.1, 0.15) is 36.3 Å². The predicted octanol–water partition coefficient (Wildman–Crippen LogP) is 0.0501. The minimum atomic E-state index is -1.73. The summed E-state index contributed by atoms with van der Waals surface area (Å²) in [5, 5.41) is 21.8. The summed E-state index contributed by atoms with van der Waals surface area (Å²) in [4.78, 5) is 3.86. The first kappa shape index (κ1) is 14.5. The molecule has 21 heavy (non-hydrogen) atoms. The quantitative estimate of drug-likeness (QED) is 0.676. The van der Waals surface area contributed by atoms with Gasteiger partial charge in [0.05, 0.1) is 17.7 Å². The lowest BCUT2D eigenvalue weighted by Gasteiger charge is -2.38. The highest BCUT2D eigenvalue weighted by atomic mass is 35.5. The van der Waals surface area contributed by atoms with E-state index in [0.29, 0.717) is 11.2 Å². The molecule has 0 spiro atoms. The zero-order valence-electron chi connectivity index (χ0n) is 10.8. The Hall–Kier alpha value is -1.48. The molecule has 0 aromatic carbocycles. The highest BCUT2D eigenvalue weighted by molar-refractivity contribution is 6.21. The first-order chi connectivity index (χ1) is 10.0. The Morgan fingerprint density at radius 1 is 1.48 bits per heavy atom. The van der Waals surface area contributed by atoms with Gasteiger partial charge in [-0.2, -0.15) is 5.10 Å². The normalized spacial score (nSPS) is 33.4. The number of halogens is 2. The van der Waals surface area contributed by atoms with Crippen LogP contribution in [0.3, 0.4) is 0 Å². The van der Waals surface area contributed by atoms with Gasteiger partial charge in [0, 0.05) is 0 Å². The smallest absolute Gasteiger partial charge is 0.151 e. The van der Waals surface area contributed by atoms with Crippen LogP contribution in [-0.4, -0.2) is 55.2 Å². The number of ether oxygens (including phenoxy) is 1. The molecule has 0 bridgehead atoms. The molecule has 5 atom stereocenters. The minimum Gasteiger partial charge on any atom is -0.394 e. The van der Waals surface area contributed by atoms with Gasteiger partial charge in [-0.05, 0) is 12.1 Å². The summed E-state index contributed by atoms with van der Waals surface area (Å²) in [5.74, 6) is 0.272. The number of fused-ring (bicyclic) bond motifs is 1. The molecular weight excluding hydrogens is 303 g/mol. The van der Waals surface area contributed by atoms with Gasteiger partial charge in [0.2, 0.25) is 0 Å². The van der Waals surface area contributed by atoms with E-state index in [2.05, 4.69) is 10.1 Å². The SMILES string of the molecule is Nc1ncnn2c([C@@H]3O[C@H](CO)C(O)C(F)C3Cl)ccc12. The van der Waals surface area contributed by atoms with Gasteiger partial charge in [0.15, 0.2) is 5.82 Å². The van der Waals surface area contributed by atoms with Gasteiger partial charge in [-0.25, -0.2) is 13.9 Å². The first-order valence-electron chi connectivity index (χ1n) is 6.35. The molecular formula is C12H14ClFN4O3. The largest absolute Gasteiger partial charge is 0.394 e. The molecule has 0 amide bonds. The number of aliphatic hydroxyl groups excluding tert-OH is 2. The van der Waals surface area contributed by atoms with Gasteiger partial charge >= 0.3 is 0 Å². The van der Waals surface area contributed by atoms with E-state index >= 15 is 0 Å². The van der Waals surface area contributed by atoms with E-state index in [9.17, 15) is 14.6 Å². The second-order valence-corrected chi connectivity index (χ2v) is 5.36. The molecule has 2 aromatic heterocycles. The number of hydrogen-bond acceptors (Lipinski definition) is 6. The molecule has 1 aliphatic rings. The lowest BCUT2D eigenvalue weighted by atomic mass is 9.97. The molecule has 0 radical (unpaired) electrons. The molecule has 0 aliphatic carbocycles. The van der Waals surface area contributed by atoms with Crippen LogP contribution in [0.25, 0.3) is 5.52 Å². The maximum atomic E-state index is 14.1. The third kappa shape index (κ3) is 2.24. The summed E-state index contributed by atoms with van der Waals surface area (Å²) < 4.78 is 21.1. The Kier molecular flexibility index (Phi) is 3.70. The fourth-order valence-corrected chi connectivity index (χ4v) is 2.81. The van der Waals surface area contributed by atoms with E-state index in [1.54, 1.807) is 12.1 Å². The van der Waals surface area contributed by atoms with Gasteiger partial charge in [-0.15, -0.1) is 11.6 Å². The Balaban J connectivity index is 2.03. The van der Waals surface area contributed by atoms with Crippen LogP contribution in [0.5, 0.6) is 0 Å². The molecule has 1 saturated heterocycles. The van der Waals surface area contributed by atoms with Crippen LogP contribution >= 0.6 is 11.6 Å². The van der Waals surface area contributed by atoms with Crippen LogP contribution in [0, 0.1) is 0 Å². The lowest BCUT2D eigenvalue weighted by molar-refractivity contribution is -0.163. The summed E-state index contributed by atoms with van der Waals surface area (Å²) in [6.45, 7) is -0.512. The van der Waals surface area contributed by atoms with Crippen molar-refractivity contribution >= 4 is 22.9 Å². The maximum Gasteiger partial charge on any atom is 0.151 e. The fourth-order valence-electron chi connectivity index (χ4n) is 2.48. The van der Waals surface area contributed by atoms with Crippen molar-refractivity contribution in [2.45, 2.75) is 29.9 Å². The van der Waals surface area contributed by atoms with E-state index in [1.807, 2.05) is 0 Å². The number of nitrogens with two attached hydrogens (primary N) is 1. The zero-order chi connectivity index (χ0) is 15.1. The van der Waals surface area contributed by atoms with Crippen molar-refractivity contribution in [3.63, 3.8) is 0 Å². The third-order valence-electron chi connectivity index (χ3n) is 3.60. The van der Waals surface area contributed by atoms with Crippen molar-refractivity contribution in [1.29, 1.82) is 0 Å². The van der Waals surface area contributed by atoms with Crippen molar-refractivity contribution in [2.75, 3.05) is 12.3 Å². The maximum absolute atomic E-state index is 14.1. The van der Waals surface area contributed by atoms with Crippen LogP contribution in [0.2, 0.25) is 0 Å². The number of aromatic nitrogens is 3. The van der Waals surface area contributed by atoms with Crippen molar-refractivity contribution in [2.24, 2.45) is 0 Å². The lowest BCUT2D eigenvalue weighted by Crippen LogP contribution is -2.51. The van der Waals surface area contributed by atoms with Gasteiger partial charge in [-0.1, -0.05) is 0 Å². The Morgan fingerprint density at radius 2 is 2.24 bits per heavy atom. The molecule has 1 aliphatic heterocycles. The van der Waals surface area contributed by atoms with Crippen LogP contribution in [0.1, 0.15) is 11.8 Å². The Morgan fingerprint density at radius 3 is 2.95 bits per heavy atom. The van der Waals surface area contributed by atoms with Crippen molar-refractivity contribution in [3.8, 4) is 0 Å². The van der Waals surface area contributed by atoms with E-state index < -0.39 is 36.5 Å². The van der Waals surface area contributed by atoms with Gasteiger partial charge in [-0.3, -0.25) is 0 Å². The summed E-state index contributed by atoms with van der Waals surface area (Å²) in [7, 11) is 0. The fraction of sp³-hybridized carbons (Fsp3) is 0.500. The van der Waals surface area contributed by atoms with Crippen LogP contribution < -0.4 is 5.73 Å². The standard InChI is InChI=1S/C12H14ClFN4O3/c13-8-9(14)10(20)7(3-19)21-11(8)5-1-2-6-12(15)16-4-17-18(5)6/h1-2,4,7-11,19-20H,3H2,(H2,15,16,17)/t7-,8?,9?,10?,11+/m1/s1. The number of anilines is 1. The average Bonchev–Trinajstić information content (AvgIpc) is 2.91. The Bertz CT molecular complexity index is 652. The molecule has 114 valence electrons. The van der Waals surface area contributed by atoms with E-state index in [0.717, 1.165) is 0 Å². The van der Waals surface area contributed by atoms with Crippen molar-refractivity contribution in [1.82, 2.24) is 14.6 Å². The molecule has 1 fully saturated rings. The summed E-state index contributed by atoms with van der Waals surface area (Å²) in [6, 6.07) is 3.32. The highest BCUT2D eigenvalue weighted by Crippen LogP contribution is 2.37. The molecule has 7 nitrogen and oxygen atoms in total. The predicted molar refractivity (Wildman–Crippen MR) is 72.6 cm³/mol. The topological polar surface area (TPSA) is 106 Å². The summed E-state index contributed by atoms with van der Waals surface area (Å²) in [5.41, 5.74) is 6.76. The number of hydrogen-bond donors (Lipinski definition) is 3. The van der Waals surface area contributed by atoms with Crippen LogP contribution in [0.4, 0.5) is 10.2 Å². The summed E-state index contributed by atoms with van der Waals surface area (Å²) >= 11 is 6.05. The highest BCUT2D eigenvalue weighted by Gasteiger charge is 2.46. The number of nitrogens with zero attached hydrogens (tertiary/aromatic N) is 3. The minimum absolute atomic E-state index is 0.272. The number of rotatable bonds is 2.